The fourth-order valence-corrected chi connectivity index (χ4v) is 2.25. The summed E-state index contributed by atoms with van der Waals surface area (Å²) in [6.07, 6.45) is 1.77. The number of hydrogen-bond acceptors (Lipinski definition) is 3. The number of aromatic nitrogens is 1. The van der Waals surface area contributed by atoms with Gasteiger partial charge in [0.15, 0.2) is 0 Å². The van der Waals surface area contributed by atoms with Crippen molar-refractivity contribution in [2.75, 3.05) is 11.1 Å². The lowest BCUT2D eigenvalue weighted by molar-refractivity contribution is 1.40. The van der Waals surface area contributed by atoms with Crippen LogP contribution in [0.3, 0.4) is 0 Å². The van der Waals surface area contributed by atoms with Gasteiger partial charge in [0.2, 0.25) is 0 Å². The van der Waals surface area contributed by atoms with E-state index in [2.05, 4.69) is 26.2 Å². The summed E-state index contributed by atoms with van der Waals surface area (Å²) in [5.41, 5.74) is 9.55. The molecule has 0 bridgehead atoms. The molecular weight excluding hydrogens is 302 g/mol. The molecule has 0 aliphatic heterocycles. The van der Waals surface area contributed by atoms with Crippen LogP contribution in [0.1, 0.15) is 0 Å². The van der Waals surface area contributed by atoms with Gasteiger partial charge in [0.05, 0.1) is 11.2 Å². The van der Waals surface area contributed by atoms with E-state index in [0.717, 1.165) is 32.4 Å². The molecule has 1 heterocycles. The zero-order chi connectivity index (χ0) is 13.2. The molecule has 2 aromatic carbocycles. The van der Waals surface area contributed by atoms with Crippen LogP contribution in [0, 0.1) is 0 Å². The van der Waals surface area contributed by atoms with Crippen molar-refractivity contribution in [2.24, 2.45) is 0 Å². The van der Waals surface area contributed by atoms with Gasteiger partial charge in [0.25, 0.3) is 0 Å². The lowest BCUT2D eigenvalue weighted by Gasteiger charge is -2.10. The number of rotatable bonds is 2. The topological polar surface area (TPSA) is 50.9 Å². The first-order chi connectivity index (χ1) is 9.24. The minimum absolute atomic E-state index is 0.740. The summed E-state index contributed by atoms with van der Waals surface area (Å²) < 4.78 is 1.05. The second kappa shape index (κ2) is 4.90. The Labute approximate surface area is 119 Å². The maximum absolute atomic E-state index is 5.96. The summed E-state index contributed by atoms with van der Waals surface area (Å²) in [4.78, 5) is 4.40. The van der Waals surface area contributed by atoms with E-state index >= 15 is 0 Å². The van der Waals surface area contributed by atoms with E-state index in [4.69, 9.17) is 5.73 Å². The highest BCUT2D eigenvalue weighted by molar-refractivity contribution is 9.10. The second-order valence-corrected chi connectivity index (χ2v) is 5.15. The minimum atomic E-state index is 0.740. The van der Waals surface area contributed by atoms with E-state index in [1.807, 2.05) is 48.5 Å². The quantitative estimate of drug-likeness (QED) is 0.693. The molecule has 3 rings (SSSR count). The van der Waals surface area contributed by atoms with Gasteiger partial charge in [0.1, 0.15) is 0 Å². The van der Waals surface area contributed by atoms with E-state index in [-0.39, 0.29) is 0 Å². The van der Waals surface area contributed by atoms with Crippen molar-refractivity contribution in [3.63, 3.8) is 0 Å². The van der Waals surface area contributed by atoms with Crippen molar-refractivity contribution < 1.29 is 0 Å². The van der Waals surface area contributed by atoms with E-state index in [1.165, 1.54) is 0 Å². The Balaban J connectivity index is 2.06. The van der Waals surface area contributed by atoms with Crippen molar-refractivity contribution in [2.45, 2.75) is 0 Å². The van der Waals surface area contributed by atoms with Gasteiger partial charge in [0, 0.05) is 27.4 Å². The SMILES string of the molecule is Nc1ccc(Nc2ccc(Br)cc2)c2ncccc12. The lowest BCUT2D eigenvalue weighted by atomic mass is 10.1. The summed E-state index contributed by atoms with van der Waals surface area (Å²) in [5, 5.41) is 4.33. The number of nitrogens with one attached hydrogen (secondary N) is 1. The Kier molecular flexibility index (Phi) is 3.09. The number of pyridine rings is 1. The predicted molar refractivity (Wildman–Crippen MR) is 83.6 cm³/mol. The Bertz CT molecular complexity index is 723. The second-order valence-electron chi connectivity index (χ2n) is 4.23. The van der Waals surface area contributed by atoms with Crippen LogP contribution in [-0.2, 0) is 0 Å². The normalized spacial score (nSPS) is 10.6. The number of nitrogen functional groups attached to an aromatic ring is 1. The highest BCUT2D eigenvalue weighted by Gasteiger charge is 2.05. The van der Waals surface area contributed by atoms with E-state index < -0.39 is 0 Å². The van der Waals surface area contributed by atoms with Gasteiger partial charge in [-0.1, -0.05) is 15.9 Å². The van der Waals surface area contributed by atoms with Crippen LogP contribution in [0.5, 0.6) is 0 Å². The Hall–Kier alpha value is -2.07. The molecule has 0 radical (unpaired) electrons. The Morgan fingerprint density at radius 3 is 2.58 bits per heavy atom. The molecule has 1 aromatic heterocycles. The van der Waals surface area contributed by atoms with Crippen molar-refractivity contribution in [1.29, 1.82) is 0 Å². The average Bonchev–Trinajstić information content (AvgIpc) is 2.45. The zero-order valence-corrected chi connectivity index (χ0v) is 11.7. The highest BCUT2D eigenvalue weighted by atomic mass is 79.9. The number of benzene rings is 2. The number of fused-ring (bicyclic) bond motifs is 1. The van der Waals surface area contributed by atoms with Gasteiger partial charge in [-0.05, 0) is 48.5 Å². The van der Waals surface area contributed by atoms with Gasteiger partial charge in [-0.2, -0.15) is 0 Å². The molecule has 3 N–H and O–H groups in total. The molecule has 94 valence electrons. The summed E-state index contributed by atoms with van der Waals surface area (Å²) in [6, 6.07) is 15.7. The average molecular weight is 314 g/mol. The molecule has 0 saturated carbocycles. The minimum Gasteiger partial charge on any atom is -0.398 e. The molecule has 0 spiro atoms. The summed E-state index contributed by atoms with van der Waals surface area (Å²) in [7, 11) is 0. The smallest absolute Gasteiger partial charge is 0.0957 e. The monoisotopic (exact) mass is 313 g/mol. The fourth-order valence-electron chi connectivity index (χ4n) is 1.98. The molecule has 3 aromatic rings. The van der Waals surface area contributed by atoms with Crippen molar-refractivity contribution in [3.8, 4) is 0 Å². The number of hydrogen-bond donors (Lipinski definition) is 2. The highest BCUT2D eigenvalue weighted by Crippen LogP contribution is 2.28. The molecular formula is C15H12BrN3. The van der Waals surface area contributed by atoms with Crippen molar-refractivity contribution >= 4 is 43.9 Å². The predicted octanol–water partition coefficient (Wildman–Crippen LogP) is 4.32. The third-order valence-corrected chi connectivity index (χ3v) is 3.46. The third kappa shape index (κ3) is 2.39. The molecule has 0 saturated heterocycles. The van der Waals surface area contributed by atoms with Crippen LogP contribution >= 0.6 is 15.9 Å². The van der Waals surface area contributed by atoms with Crippen LogP contribution in [0.15, 0.2) is 59.2 Å². The first kappa shape index (κ1) is 12.0. The van der Waals surface area contributed by atoms with Crippen molar-refractivity contribution in [1.82, 2.24) is 4.98 Å². The number of anilines is 3. The van der Waals surface area contributed by atoms with Gasteiger partial charge in [-0.15, -0.1) is 0 Å². The lowest BCUT2D eigenvalue weighted by Crippen LogP contribution is -1.95. The van der Waals surface area contributed by atoms with Gasteiger partial charge < -0.3 is 11.1 Å². The summed E-state index contributed by atoms with van der Waals surface area (Å²) in [5.74, 6) is 0. The number of nitrogens with two attached hydrogens (primary N) is 1. The number of nitrogens with zero attached hydrogens (tertiary/aromatic N) is 1. The van der Waals surface area contributed by atoms with Crippen LogP contribution in [0.4, 0.5) is 17.1 Å². The van der Waals surface area contributed by atoms with E-state index in [1.54, 1.807) is 6.20 Å². The van der Waals surface area contributed by atoms with Gasteiger partial charge >= 0.3 is 0 Å². The maximum Gasteiger partial charge on any atom is 0.0957 e. The van der Waals surface area contributed by atoms with E-state index in [9.17, 15) is 0 Å². The molecule has 0 unspecified atom stereocenters. The van der Waals surface area contributed by atoms with Gasteiger partial charge in [-0.3, -0.25) is 4.98 Å². The molecule has 19 heavy (non-hydrogen) atoms. The largest absolute Gasteiger partial charge is 0.398 e. The zero-order valence-electron chi connectivity index (χ0n) is 10.1. The molecule has 0 aliphatic carbocycles. The fraction of sp³-hybridized carbons (Fsp3) is 0. The maximum atomic E-state index is 5.96. The van der Waals surface area contributed by atoms with Crippen LogP contribution < -0.4 is 11.1 Å². The summed E-state index contributed by atoms with van der Waals surface area (Å²) >= 11 is 3.42. The Morgan fingerprint density at radius 1 is 1.00 bits per heavy atom. The van der Waals surface area contributed by atoms with Crippen LogP contribution in [-0.4, -0.2) is 4.98 Å². The van der Waals surface area contributed by atoms with Crippen molar-refractivity contribution in [3.05, 3.63) is 59.2 Å². The molecule has 0 fully saturated rings. The molecule has 0 amide bonds. The molecule has 4 heteroatoms. The standard InChI is InChI=1S/C15H12BrN3/c16-10-3-5-11(6-4-10)19-14-8-7-13(17)12-2-1-9-18-15(12)14/h1-9,19H,17H2. The Morgan fingerprint density at radius 2 is 1.79 bits per heavy atom. The molecule has 0 atom stereocenters. The summed E-state index contributed by atoms with van der Waals surface area (Å²) in [6.45, 7) is 0. The first-order valence-electron chi connectivity index (χ1n) is 5.90. The number of halogens is 1. The van der Waals surface area contributed by atoms with E-state index in [0.29, 0.717) is 0 Å². The third-order valence-electron chi connectivity index (χ3n) is 2.93. The van der Waals surface area contributed by atoms with Crippen LogP contribution in [0.2, 0.25) is 0 Å². The first-order valence-corrected chi connectivity index (χ1v) is 6.69. The van der Waals surface area contributed by atoms with Crippen LogP contribution in [0.25, 0.3) is 10.9 Å². The van der Waals surface area contributed by atoms with Gasteiger partial charge in [-0.25, -0.2) is 0 Å². The molecule has 0 aliphatic rings. The molecule has 3 nitrogen and oxygen atoms in total.